The normalized spacial score (nSPS) is 10.3. The number of nitrogens with one attached hydrogen (secondary N) is 1. The van der Waals surface area contributed by atoms with E-state index in [1.165, 1.54) is 12.1 Å². The zero-order valence-electron chi connectivity index (χ0n) is 11.2. The van der Waals surface area contributed by atoms with E-state index in [9.17, 15) is 9.18 Å². The molecule has 2 aromatic rings. The van der Waals surface area contributed by atoms with Crippen LogP contribution in [-0.2, 0) is 16.1 Å². The van der Waals surface area contributed by atoms with Crippen LogP contribution in [0.15, 0.2) is 48.5 Å². The minimum atomic E-state index is -0.310. The Morgan fingerprint density at radius 2 is 2.00 bits per heavy atom. The van der Waals surface area contributed by atoms with Crippen LogP contribution in [0.1, 0.15) is 11.1 Å². The summed E-state index contributed by atoms with van der Waals surface area (Å²) in [4.78, 5) is 11.7. The van der Waals surface area contributed by atoms with Gasteiger partial charge in [-0.1, -0.05) is 24.3 Å². The third kappa shape index (κ3) is 4.48. The van der Waals surface area contributed by atoms with Crippen molar-refractivity contribution >= 4 is 11.6 Å². The van der Waals surface area contributed by atoms with Crippen molar-refractivity contribution in [1.82, 2.24) is 0 Å². The molecule has 0 atom stereocenters. The lowest BCUT2D eigenvalue weighted by molar-refractivity contribution is -0.121. The number of carbonyl (C=O) groups is 1. The van der Waals surface area contributed by atoms with E-state index < -0.39 is 0 Å². The topological polar surface area (TPSA) is 38.3 Å². The third-order valence-electron chi connectivity index (χ3n) is 2.69. The van der Waals surface area contributed by atoms with E-state index in [4.69, 9.17) is 4.74 Å². The number of carbonyl (C=O) groups excluding carboxylic acids is 1. The smallest absolute Gasteiger partial charge is 0.250 e. The van der Waals surface area contributed by atoms with E-state index in [2.05, 4.69) is 5.32 Å². The van der Waals surface area contributed by atoms with E-state index in [1.54, 1.807) is 12.1 Å². The molecule has 0 unspecified atom stereocenters. The Hall–Kier alpha value is -2.20. The molecule has 20 heavy (non-hydrogen) atoms. The molecule has 0 aromatic heterocycles. The standard InChI is InChI=1S/C16H16FNO2/c1-12-4-2-7-15(8-12)18-16(19)11-20-10-13-5-3-6-14(17)9-13/h2-9H,10-11H2,1H3,(H,18,19). The second-order valence-electron chi connectivity index (χ2n) is 4.54. The molecule has 1 amide bonds. The maximum absolute atomic E-state index is 12.9. The van der Waals surface area contributed by atoms with Crippen LogP contribution in [0.3, 0.4) is 0 Å². The molecule has 104 valence electrons. The molecular weight excluding hydrogens is 257 g/mol. The molecule has 0 bridgehead atoms. The minimum absolute atomic E-state index is 0.0650. The second-order valence-corrected chi connectivity index (χ2v) is 4.54. The van der Waals surface area contributed by atoms with Crippen molar-refractivity contribution in [2.75, 3.05) is 11.9 Å². The zero-order valence-corrected chi connectivity index (χ0v) is 11.2. The summed E-state index contributed by atoms with van der Waals surface area (Å²) in [5.74, 6) is -0.540. The Balaban J connectivity index is 1.78. The van der Waals surface area contributed by atoms with Gasteiger partial charge >= 0.3 is 0 Å². The molecule has 0 heterocycles. The van der Waals surface area contributed by atoms with Crippen molar-refractivity contribution < 1.29 is 13.9 Å². The van der Waals surface area contributed by atoms with Gasteiger partial charge in [-0.3, -0.25) is 4.79 Å². The van der Waals surface area contributed by atoms with Gasteiger partial charge in [0.2, 0.25) is 5.91 Å². The molecule has 2 aromatic carbocycles. The Labute approximate surface area is 117 Å². The first-order chi connectivity index (χ1) is 9.63. The van der Waals surface area contributed by atoms with Crippen molar-refractivity contribution in [2.24, 2.45) is 0 Å². The number of aryl methyl sites for hydroxylation is 1. The van der Waals surface area contributed by atoms with Gasteiger partial charge < -0.3 is 10.1 Å². The lowest BCUT2D eigenvalue weighted by atomic mass is 10.2. The molecule has 3 nitrogen and oxygen atoms in total. The van der Waals surface area contributed by atoms with Gasteiger partial charge in [0, 0.05) is 5.69 Å². The third-order valence-corrected chi connectivity index (χ3v) is 2.69. The van der Waals surface area contributed by atoms with Gasteiger partial charge in [-0.05, 0) is 42.3 Å². The lowest BCUT2D eigenvalue weighted by Gasteiger charge is -2.07. The van der Waals surface area contributed by atoms with Crippen LogP contribution in [0, 0.1) is 12.7 Å². The van der Waals surface area contributed by atoms with Gasteiger partial charge in [0.15, 0.2) is 0 Å². The predicted molar refractivity (Wildman–Crippen MR) is 75.9 cm³/mol. The summed E-state index contributed by atoms with van der Waals surface area (Å²) in [5, 5.41) is 2.74. The zero-order chi connectivity index (χ0) is 14.4. The molecule has 0 radical (unpaired) electrons. The van der Waals surface area contributed by atoms with Crippen LogP contribution in [-0.4, -0.2) is 12.5 Å². The quantitative estimate of drug-likeness (QED) is 0.907. The molecule has 0 saturated heterocycles. The van der Waals surface area contributed by atoms with Crippen molar-refractivity contribution in [2.45, 2.75) is 13.5 Å². The van der Waals surface area contributed by atoms with Gasteiger partial charge in [0.25, 0.3) is 0 Å². The lowest BCUT2D eigenvalue weighted by Crippen LogP contribution is -2.18. The highest BCUT2D eigenvalue weighted by atomic mass is 19.1. The fraction of sp³-hybridized carbons (Fsp3) is 0.188. The van der Waals surface area contributed by atoms with Crippen LogP contribution in [0.4, 0.5) is 10.1 Å². The van der Waals surface area contributed by atoms with Crippen molar-refractivity contribution in [3.8, 4) is 0 Å². The maximum atomic E-state index is 12.9. The van der Waals surface area contributed by atoms with Gasteiger partial charge in [0.1, 0.15) is 12.4 Å². The van der Waals surface area contributed by atoms with E-state index in [1.807, 2.05) is 31.2 Å². The number of halogens is 1. The number of hydrogen-bond acceptors (Lipinski definition) is 2. The number of ether oxygens (including phenoxy) is 1. The molecule has 2 rings (SSSR count). The Bertz CT molecular complexity index is 599. The van der Waals surface area contributed by atoms with Gasteiger partial charge in [0.05, 0.1) is 6.61 Å². The summed E-state index contributed by atoms with van der Waals surface area (Å²) in [6.07, 6.45) is 0. The summed E-state index contributed by atoms with van der Waals surface area (Å²) in [7, 11) is 0. The largest absolute Gasteiger partial charge is 0.367 e. The van der Waals surface area contributed by atoms with Crippen LogP contribution in [0.2, 0.25) is 0 Å². The van der Waals surface area contributed by atoms with Crippen molar-refractivity contribution in [1.29, 1.82) is 0 Å². The molecule has 0 aliphatic heterocycles. The summed E-state index contributed by atoms with van der Waals surface area (Å²) in [6.45, 7) is 2.10. The fourth-order valence-corrected chi connectivity index (χ4v) is 1.81. The number of anilines is 1. The molecule has 0 saturated carbocycles. The van der Waals surface area contributed by atoms with E-state index in [0.29, 0.717) is 5.56 Å². The molecule has 1 N–H and O–H groups in total. The number of benzene rings is 2. The highest BCUT2D eigenvalue weighted by molar-refractivity contribution is 5.91. The highest BCUT2D eigenvalue weighted by Crippen LogP contribution is 2.09. The first-order valence-corrected chi connectivity index (χ1v) is 6.32. The molecule has 0 spiro atoms. The fourth-order valence-electron chi connectivity index (χ4n) is 1.81. The SMILES string of the molecule is Cc1cccc(NC(=O)COCc2cccc(F)c2)c1. The average Bonchev–Trinajstić information content (AvgIpc) is 2.38. The van der Waals surface area contributed by atoms with Crippen LogP contribution < -0.4 is 5.32 Å². The molecule has 0 fully saturated rings. The maximum Gasteiger partial charge on any atom is 0.250 e. The van der Waals surface area contributed by atoms with Crippen LogP contribution in [0.25, 0.3) is 0 Å². The predicted octanol–water partition coefficient (Wildman–Crippen LogP) is 3.29. The van der Waals surface area contributed by atoms with Crippen molar-refractivity contribution in [3.05, 3.63) is 65.5 Å². The van der Waals surface area contributed by atoms with E-state index in [-0.39, 0.29) is 24.9 Å². The highest BCUT2D eigenvalue weighted by Gasteiger charge is 2.03. The first kappa shape index (κ1) is 14.2. The van der Waals surface area contributed by atoms with Gasteiger partial charge in [-0.15, -0.1) is 0 Å². The number of hydrogen-bond donors (Lipinski definition) is 1. The average molecular weight is 273 g/mol. The Morgan fingerprint density at radius 1 is 1.20 bits per heavy atom. The number of rotatable bonds is 5. The summed E-state index contributed by atoms with van der Waals surface area (Å²) >= 11 is 0. The molecule has 0 aliphatic rings. The molecular formula is C16H16FNO2. The Kier molecular flexibility index (Phi) is 4.85. The molecule has 4 heteroatoms. The van der Waals surface area contributed by atoms with Crippen LogP contribution in [0.5, 0.6) is 0 Å². The summed E-state index contributed by atoms with van der Waals surface area (Å²) in [5.41, 5.74) is 2.51. The van der Waals surface area contributed by atoms with E-state index >= 15 is 0 Å². The van der Waals surface area contributed by atoms with Gasteiger partial charge in [-0.2, -0.15) is 0 Å². The minimum Gasteiger partial charge on any atom is -0.367 e. The monoisotopic (exact) mass is 273 g/mol. The summed E-state index contributed by atoms with van der Waals surface area (Å²) < 4.78 is 18.2. The Morgan fingerprint density at radius 3 is 2.75 bits per heavy atom. The summed E-state index contributed by atoms with van der Waals surface area (Å²) in [6, 6.07) is 13.6. The van der Waals surface area contributed by atoms with Crippen LogP contribution >= 0.6 is 0 Å². The van der Waals surface area contributed by atoms with Gasteiger partial charge in [-0.25, -0.2) is 4.39 Å². The second kappa shape index (κ2) is 6.82. The molecule has 0 aliphatic carbocycles. The van der Waals surface area contributed by atoms with E-state index in [0.717, 1.165) is 11.3 Å². The first-order valence-electron chi connectivity index (χ1n) is 6.32. The van der Waals surface area contributed by atoms with Crippen molar-refractivity contribution in [3.63, 3.8) is 0 Å². The number of amides is 1.